The van der Waals surface area contributed by atoms with Crippen molar-refractivity contribution >= 4 is 200 Å². The molecule has 0 radical (unpaired) electrons. The number of rotatable bonds is 5. The van der Waals surface area contributed by atoms with E-state index in [2.05, 4.69) is 177 Å². The van der Waals surface area contributed by atoms with Crippen LogP contribution in [0.3, 0.4) is 0 Å². The van der Waals surface area contributed by atoms with Crippen LogP contribution in [-0.2, 0) is 0 Å². The van der Waals surface area contributed by atoms with E-state index in [0.29, 0.717) is 17.5 Å². The van der Waals surface area contributed by atoms with Crippen molar-refractivity contribution < 1.29 is 4.42 Å². The molecule has 3 heterocycles. The molecule has 0 N–H and O–H groups in total. The molecule has 4 nitrogen and oxygen atoms in total. The average Bonchev–Trinajstić information content (AvgIpc) is 3.88. The molecule has 0 aliphatic rings. The van der Waals surface area contributed by atoms with Crippen molar-refractivity contribution in [2.45, 2.75) is 0 Å². The normalized spacial score (nSPS) is 11.7. The molecule has 0 bridgehead atoms. The van der Waals surface area contributed by atoms with E-state index in [1.165, 1.54) is 96.8 Å². The molecule has 10 rings (SSSR count). The third-order valence-electron chi connectivity index (χ3n) is 14.0. The Hall–Kier alpha value is -5.72. The van der Waals surface area contributed by atoms with Crippen LogP contribution in [0.1, 0.15) is 0 Å². The number of furan rings is 1. The van der Waals surface area contributed by atoms with Gasteiger partial charge in [0.1, 0.15) is 97.5 Å². The van der Waals surface area contributed by atoms with Crippen molar-refractivity contribution in [3.05, 3.63) is 97.1 Å². The lowest BCUT2D eigenvalue weighted by atomic mass is 9.58. The van der Waals surface area contributed by atoms with Gasteiger partial charge in [-0.3, -0.25) is 0 Å². The van der Waals surface area contributed by atoms with Crippen molar-refractivity contribution in [1.29, 1.82) is 0 Å². The topological polar surface area (TPSA) is 51.8 Å². The largest absolute Gasteiger partial charge is 0.457 e. The first kappa shape index (κ1) is 39.4. The van der Waals surface area contributed by atoms with Gasteiger partial charge < -0.3 is 4.42 Å². The summed E-state index contributed by atoms with van der Waals surface area (Å²) in [7, 11) is 24.8. The van der Waals surface area contributed by atoms with Gasteiger partial charge in [0.15, 0.2) is 17.5 Å². The van der Waals surface area contributed by atoms with E-state index in [9.17, 15) is 0 Å². The SMILES string of the molecule is Bc1c(B)c(B)c(-c2c(B)c(B)c(B)c3oc4c(B)c(-c5nc(-c6ccc(-c7ccccc7)cc6)nc(-c6cccc7c6sc6ccccc67)n5)c(B)c(B)c4c23)c(B)c1B. The second-order valence-corrected chi connectivity index (χ2v) is 18.1. The molecule has 0 unspecified atom stereocenters. The summed E-state index contributed by atoms with van der Waals surface area (Å²) in [5.74, 6) is 1.94. The zero-order chi connectivity index (χ0) is 42.6. The Labute approximate surface area is 370 Å². The molecule has 61 heavy (non-hydrogen) atoms. The first-order chi connectivity index (χ1) is 29.3. The van der Waals surface area contributed by atoms with Crippen LogP contribution in [0.4, 0.5) is 0 Å². The molecule has 0 amide bonds. The first-order valence-electron chi connectivity index (χ1n) is 21.2. The highest BCUT2D eigenvalue weighted by Crippen LogP contribution is 2.40. The number of hydrogen-bond donors (Lipinski definition) is 0. The molecule has 0 saturated heterocycles. The van der Waals surface area contributed by atoms with E-state index in [1.54, 1.807) is 11.3 Å². The minimum atomic E-state index is 0.638. The fourth-order valence-electron chi connectivity index (χ4n) is 9.78. The summed E-state index contributed by atoms with van der Waals surface area (Å²) in [6.45, 7) is 0. The van der Waals surface area contributed by atoms with Crippen LogP contribution in [-0.4, -0.2) is 101 Å². The maximum Gasteiger partial charge on any atom is 0.165 e. The number of fused-ring (bicyclic) bond motifs is 6. The summed E-state index contributed by atoms with van der Waals surface area (Å²) >= 11 is 1.79. The molecular formula is C45H38B11N3OS. The molecule has 0 atom stereocenters. The summed E-state index contributed by atoms with van der Waals surface area (Å²) < 4.78 is 9.60. The molecule has 0 aliphatic heterocycles. The number of benzene rings is 7. The van der Waals surface area contributed by atoms with Crippen molar-refractivity contribution in [3.8, 4) is 56.4 Å². The Balaban J connectivity index is 1.26. The lowest BCUT2D eigenvalue weighted by molar-refractivity contribution is 0.674. The van der Waals surface area contributed by atoms with E-state index in [1.807, 2.05) is 6.07 Å². The molecule has 278 valence electrons. The molecular weight excluding hydrogens is 750 g/mol. The van der Waals surface area contributed by atoms with Crippen LogP contribution in [0.25, 0.3) is 98.5 Å². The second-order valence-electron chi connectivity index (χ2n) is 17.0. The Bertz CT molecular complexity index is 3470. The van der Waals surface area contributed by atoms with Gasteiger partial charge in [-0.25, -0.2) is 15.0 Å². The average molecular weight is 788 g/mol. The van der Waals surface area contributed by atoms with Crippen LogP contribution in [0.15, 0.2) is 101 Å². The van der Waals surface area contributed by atoms with E-state index in [-0.39, 0.29) is 0 Å². The number of aromatic nitrogens is 3. The zero-order valence-corrected chi connectivity index (χ0v) is 37.7. The summed E-state index contributed by atoms with van der Waals surface area (Å²) in [6, 6.07) is 34.2. The maximum absolute atomic E-state index is 7.18. The lowest BCUT2D eigenvalue weighted by Gasteiger charge is -2.24. The standard InChI is InChI=1S/C45H38B11N3OS/c46-29-24(26-30(47)35(52)38(55)36(53)31(26)48)25-27-32(49)33(50)28(34(51)41(27)60-40(25)39(56)37(29)54)45-58-43(19-15-13-18(14-16-19)17-7-2-1-3-8-17)57-44(59-45)22-11-6-10-21-20-9-4-5-12-23(20)61-42(21)22/h1-16H,46-56H2. The number of thiophene rings is 1. The van der Waals surface area contributed by atoms with Gasteiger partial charge in [0.05, 0.1) is 0 Å². The monoisotopic (exact) mass is 789 g/mol. The Morgan fingerprint density at radius 1 is 0.361 bits per heavy atom. The van der Waals surface area contributed by atoms with Crippen LogP contribution >= 0.6 is 11.3 Å². The highest BCUT2D eigenvalue weighted by molar-refractivity contribution is 7.26. The quantitative estimate of drug-likeness (QED) is 0.163. The zero-order valence-electron chi connectivity index (χ0n) is 36.9. The third kappa shape index (κ3) is 6.00. The first-order valence-corrected chi connectivity index (χ1v) is 22.0. The van der Waals surface area contributed by atoms with Crippen molar-refractivity contribution in [1.82, 2.24) is 15.0 Å². The molecule has 7 aromatic carbocycles. The third-order valence-corrected chi connectivity index (χ3v) is 15.3. The number of nitrogens with zero attached hydrogens (tertiary/aromatic N) is 3. The summed E-state index contributed by atoms with van der Waals surface area (Å²) in [4.78, 5) is 16.0. The minimum Gasteiger partial charge on any atom is -0.457 e. The molecule has 0 saturated carbocycles. The summed E-state index contributed by atoms with van der Waals surface area (Å²) in [6.07, 6.45) is 0. The van der Waals surface area contributed by atoms with Gasteiger partial charge in [0.2, 0.25) is 0 Å². The molecule has 0 aliphatic carbocycles. The number of hydrogen-bond acceptors (Lipinski definition) is 5. The minimum absolute atomic E-state index is 0.638. The Morgan fingerprint density at radius 2 is 0.885 bits per heavy atom. The van der Waals surface area contributed by atoms with Gasteiger partial charge in [-0.05, 0) is 39.8 Å². The van der Waals surface area contributed by atoms with Crippen molar-refractivity contribution in [3.63, 3.8) is 0 Å². The van der Waals surface area contributed by atoms with E-state index in [4.69, 9.17) is 19.4 Å². The van der Waals surface area contributed by atoms with Gasteiger partial charge in [0, 0.05) is 47.6 Å². The van der Waals surface area contributed by atoms with Gasteiger partial charge in [-0.1, -0.05) is 123 Å². The van der Waals surface area contributed by atoms with Crippen LogP contribution in [0.2, 0.25) is 0 Å². The fourth-order valence-corrected chi connectivity index (χ4v) is 11.0. The van der Waals surface area contributed by atoms with E-state index >= 15 is 0 Å². The van der Waals surface area contributed by atoms with Gasteiger partial charge >= 0.3 is 0 Å². The Kier molecular flexibility index (Phi) is 9.52. The van der Waals surface area contributed by atoms with Crippen LogP contribution in [0.5, 0.6) is 0 Å². The fraction of sp³-hybridized carbons (Fsp3) is 0. The molecule has 10 aromatic rings. The predicted octanol–water partition coefficient (Wildman–Crippen LogP) is -6.68. The van der Waals surface area contributed by atoms with Gasteiger partial charge in [-0.2, -0.15) is 0 Å². The Morgan fingerprint density at radius 3 is 1.61 bits per heavy atom. The van der Waals surface area contributed by atoms with Crippen molar-refractivity contribution in [2.75, 3.05) is 0 Å². The predicted molar refractivity (Wildman–Crippen MR) is 297 cm³/mol. The maximum atomic E-state index is 7.18. The lowest BCUT2D eigenvalue weighted by Crippen LogP contribution is -2.56. The van der Waals surface area contributed by atoms with Crippen LogP contribution < -0.4 is 60.1 Å². The van der Waals surface area contributed by atoms with E-state index < -0.39 is 0 Å². The van der Waals surface area contributed by atoms with Gasteiger partial charge in [0.25, 0.3) is 0 Å². The highest BCUT2D eigenvalue weighted by Gasteiger charge is 2.28. The highest BCUT2D eigenvalue weighted by atomic mass is 32.1. The smallest absolute Gasteiger partial charge is 0.165 e. The van der Waals surface area contributed by atoms with Crippen molar-refractivity contribution in [2.24, 2.45) is 0 Å². The molecule has 3 aromatic heterocycles. The van der Waals surface area contributed by atoms with E-state index in [0.717, 1.165) is 44.3 Å². The summed E-state index contributed by atoms with van der Waals surface area (Å²) in [5.41, 5.74) is 23.5. The molecule has 0 spiro atoms. The molecule has 0 fully saturated rings. The second kappa shape index (κ2) is 14.7. The van der Waals surface area contributed by atoms with Gasteiger partial charge in [-0.15, -0.1) is 27.7 Å². The summed E-state index contributed by atoms with van der Waals surface area (Å²) in [5, 5.41) is 4.83. The van der Waals surface area contributed by atoms with Crippen LogP contribution in [0, 0.1) is 0 Å². The molecule has 16 heteroatoms.